The van der Waals surface area contributed by atoms with Crippen LogP contribution in [0, 0.1) is 0 Å². The number of unbranched alkanes of at least 4 members (excludes halogenated alkanes) is 1. The molecule has 240 valence electrons. The van der Waals surface area contributed by atoms with E-state index in [-0.39, 0.29) is 24.7 Å². The Kier molecular flexibility index (Phi) is 13.0. The van der Waals surface area contributed by atoms with Crippen molar-refractivity contribution < 1.29 is 24.2 Å². The lowest BCUT2D eigenvalue weighted by molar-refractivity contribution is -0.137. The quantitative estimate of drug-likeness (QED) is 0.191. The summed E-state index contributed by atoms with van der Waals surface area (Å²) < 4.78 is 6.22. The molecule has 1 aliphatic heterocycles. The fourth-order valence-corrected chi connectivity index (χ4v) is 6.30. The van der Waals surface area contributed by atoms with Crippen molar-refractivity contribution in [1.82, 2.24) is 20.5 Å². The molecule has 0 radical (unpaired) electrons. The lowest BCUT2D eigenvalue weighted by Crippen LogP contribution is -2.57. The maximum Gasteiger partial charge on any atom is 0.407 e. The Hall–Kier alpha value is -3.68. The molecular formula is C32H38Br2N6O5. The number of phenolic OH excluding ortho intramolecular Hbond substituents is 1. The molecule has 0 spiro atoms. The Morgan fingerprint density at radius 3 is 2.29 bits per heavy atom. The summed E-state index contributed by atoms with van der Waals surface area (Å²) >= 11 is 6.61. The standard InChI is InChI=1S/C32H38Br2N6O5/c33-25-18-23(19-26(34)29(25)41)20-27(35)30(42)38-28(8-4-5-11-37-32(44)45-21-22-6-2-1-3-7-22)31(43)40-16-14-39(15-17-40)24-9-12-36-13-10-24/h1-3,6-7,9-10,12-13,18-19,27-28,41H,4-5,8,11,14-17,20-21,35H2,(H,37,44)(H,38,42)/t27-,28-/m0/s1. The molecule has 1 saturated heterocycles. The fraction of sp³-hybridized carbons (Fsp3) is 0.375. The third-order valence-electron chi connectivity index (χ3n) is 7.50. The number of hydrogen-bond donors (Lipinski definition) is 4. The SMILES string of the molecule is N[C@@H](Cc1cc(Br)c(O)c(Br)c1)C(=O)N[C@@H](CCCCNC(=O)OCc1ccccc1)C(=O)N1CCN(c2ccncc2)CC1. The van der Waals surface area contributed by atoms with Gasteiger partial charge >= 0.3 is 6.09 Å². The van der Waals surface area contributed by atoms with Crippen molar-refractivity contribution >= 4 is 55.5 Å². The van der Waals surface area contributed by atoms with Crippen LogP contribution in [0.4, 0.5) is 10.5 Å². The molecule has 11 nitrogen and oxygen atoms in total. The van der Waals surface area contributed by atoms with Gasteiger partial charge < -0.3 is 36.0 Å². The van der Waals surface area contributed by atoms with Gasteiger partial charge in [-0.05, 0) is 92.9 Å². The molecule has 13 heteroatoms. The number of halogens is 2. The summed E-state index contributed by atoms with van der Waals surface area (Å²) in [5.41, 5.74) is 8.97. The summed E-state index contributed by atoms with van der Waals surface area (Å²) in [7, 11) is 0. The summed E-state index contributed by atoms with van der Waals surface area (Å²) in [4.78, 5) is 47.1. The number of nitrogens with zero attached hydrogens (tertiary/aromatic N) is 3. The van der Waals surface area contributed by atoms with Gasteiger partial charge in [0.25, 0.3) is 0 Å². The van der Waals surface area contributed by atoms with Crippen molar-refractivity contribution in [3.63, 3.8) is 0 Å². The Balaban J connectivity index is 1.31. The van der Waals surface area contributed by atoms with E-state index >= 15 is 0 Å². The van der Waals surface area contributed by atoms with Crippen LogP contribution >= 0.6 is 31.9 Å². The smallest absolute Gasteiger partial charge is 0.407 e. The normalized spacial score (nSPS) is 14.4. The number of anilines is 1. The maximum absolute atomic E-state index is 13.7. The number of aromatic hydroxyl groups is 1. The number of alkyl carbamates (subject to hydrolysis) is 1. The molecule has 2 heterocycles. The number of piperazine rings is 1. The second-order valence-corrected chi connectivity index (χ2v) is 12.5. The number of phenols is 1. The Morgan fingerprint density at radius 1 is 0.956 bits per heavy atom. The van der Waals surface area contributed by atoms with Gasteiger partial charge in [0.2, 0.25) is 11.8 Å². The molecule has 2 aromatic carbocycles. The van der Waals surface area contributed by atoms with Crippen LogP contribution in [0.1, 0.15) is 30.4 Å². The van der Waals surface area contributed by atoms with E-state index in [0.29, 0.717) is 60.9 Å². The van der Waals surface area contributed by atoms with Crippen LogP contribution in [0.2, 0.25) is 0 Å². The van der Waals surface area contributed by atoms with Crippen LogP contribution in [-0.2, 0) is 27.4 Å². The van der Waals surface area contributed by atoms with Gasteiger partial charge in [0, 0.05) is 50.8 Å². The highest BCUT2D eigenvalue weighted by molar-refractivity contribution is 9.11. The second kappa shape index (κ2) is 17.1. The molecule has 5 N–H and O–H groups in total. The molecule has 45 heavy (non-hydrogen) atoms. The Labute approximate surface area is 279 Å². The molecule has 1 fully saturated rings. The first-order chi connectivity index (χ1) is 21.7. The van der Waals surface area contributed by atoms with Crippen LogP contribution in [-0.4, -0.2) is 77.7 Å². The van der Waals surface area contributed by atoms with Crippen molar-refractivity contribution in [2.75, 3.05) is 37.6 Å². The lowest BCUT2D eigenvalue weighted by atomic mass is 10.0. The van der Waals surface area contributed by atoms with Gasteiger partial charge in [-0.3, -0.25) is 14.6 Å². The third-order valence-corrected chi connectivity index (χ3v) is 8.71. The predicted octanol–water partition coefficient (Wildman–Crippen LogP) is 4.11. The highest BCUT2D eigenvalue weighted by atomic mass is 79.9. The molecule has 1 aromatic heterocycles. The molecular weight excluding hydrogens is 708 g/mol. The minimum Gasteiger partial charge on any atom is -0.506 e. The zero-order chi connectivity index (χ0) is 32.2. The number of pyridine rings is 1. The summed E-state index contributed by atoms with van der Waals surface area (Å²) in [6, 6.07) is 15.0. The fourth-order valence-electron chi connectivity index (χ4n) is 5.02. The summed E-state index contributed by atoms with van der Waals surface area (Å²) in [5.74, 6) is -0.535. The molecule has 2 atom stereocenters. The van der Waals surface area contributed by atoms with E-state index in [2.05, 4.69) is 52.4 Å². The maximum atomic E-state index is 13.7. The van der Waals surface area contributed by atoms with Gasteiger partial charge in [-0.1, -0.05) is 30.3 Å². The minimum atomic E-state index is -0.909. The van der Waals surface area contributed by atoms with Crippen LogP contribution in [0.3, 0.4) is 0 Å². The van der Waals surface area contributed by atoms with E-state index in [9.17, 15) is 19.5 Å². The van der Waals surface area contributed by atoms with E-state index < -0.39 is 24.1 Å². The van der Waals surface area contributed by atoms with Crippen LogP contribution in [0.15, 0.2) is 75.9 Å². The van der Waals surface area contributed by atoms with Crippen molar-refractivity contribution in [2.24, 2.45) is 5.73 Å². The van der Waals surface area contributed by atoms with Gasteiger partial charge in [-0.15, -0.1) is 0 Å². The molecule has 0 aliphatic carbocycles. The van der Waals surface area contributed by atoms with E-state index in [4.69, 9.17) is 10.5 Å². The number of aromatic nitrogens is 1. The van der Waals surface area contributed by atoms with Crippen LogP contribution < -0.4 is 21.3 Å². The van der Waals surface area contributed by atoms with Crippen LogP contribution in [0.25, 0.3) is 0 Å². The van der Waals surface area contributed by atoms with Gasteiger partial charge in [-0.25, -0.2) is 4.79 Å². The van der Waals surface area contributed by atoms with E-state index in [1.54, 1.807) is 29.4 Å². The highest BCUT2D eigenvalue weighted by Crippen LogP contribution is 2.33. The second-order valence-electron chi connectivity index (χ2n) is 10.8. The zero-order valence-electron chi connectivity index (χ0n) is 24.8. The summed E-state index contributed by atoms with van der Waals surface area (Å²) in [5, 5.41) is 15.6. The average Bonchev–Trinajstić information content (AvgIpc) is 3.06. The first-order valence-corrected chi connectivity index (χ1v) is 16.4. The minimum absolute atomic E-state index is 0.0606. The molecule has 0 unspecified atom stereocenters. The molecule has 0 saturated carbocycles. The molecule has 0 bridgehead atoms. The summed E-state index contributed by atoms with van der Waals surface area (Å²) in [6.07, 6.45) is 4.76. The lowest BCUT2D eigenvalue weighted by Gasteiger charge is -2.37. The van der Waals surface area contributed by atoms with Gasteiger partial charge in [-0.2, -0.15) is 0 Å². The number of carbonyl (C=O) groups excluding carboxylic acids is 3. The van der Waals surface area contributed by atoms with Gasteiger partial charge in [0.1, 0.15) is 18.4 Å². The van der Waals surface area contributed by atoms with Crippen molar-refractivity contribution in [3.05, 3.63) is 87.1 Å². The number of nitrogens with two attached hydrogens (primary N) is 1. The zero-order valence-corrected chi connectivity index (χ0v) is 28.0. The molecule has 3 amide bonds. The number of amides is 3. The topological polar surface area (TPSA) is 150 Å². The number of carbonyl (C=O) groups is 3. The largest absolute Gasteiger partial charge is 0.506 e. The number of rotatable bonds is 13. The first-order valence-electron chi connectivity index (χ1n) is 14.8. The summed E-state index contributed by atoms with van der Waals surface area (Å²) in [6.45, 7) is 2.91. The Bertz CT molecular complexity index is 1400. The predicted molar refractivity (Wildman–Crippen MR) is 179 cm³/mol. The van der Waals surface area contributed by atoms with Crippen LogP contribution in [0.5, 0.6) is 5.75 Å². The number of nitrogens with one attached hydrogen (secondary N) is 2. The molecule has 1 aliphatic rings. The highest BCUT2D eigenvalue weighted by Gasteiger charge is 2.30. The number of ether oxygens (including phenoxy) is 1. The third kappa shape index (κ3) is 10.4. The number of benzene rings is 2. The van der Waals surface area contributed by atoms with Crippen molar-refractivity contribution in [3.8, 4) is 5.75 Å². The monoisotopic (exact) mass is 744 g/mol. The van der Waals surface area contributed by atoms with Crippen molar-refractivity contribution in [1.29, 1.82) is 0 Å². The molecule has 4 rings (SSSR count). The number of hydrogen-bond acceptors (Lipinski definition) is 8. The van der Waals surface area contributed by atoms with Gasteiger partial charge in [0.15, 0.2) is 0 Å². The van der Waals surface area contributed by atoms with Crippen molar-refractivity contribution in [2.45, 2.75) is 44.4 Å². The van der Waals surface area contributed by atoms with E-state index in [1.165, 1.54) is 0 Å². The average molecular weight is 747 g/mol. The Morgan fingerprint density at radius 2 is 1.62 bits per heavy atom. The van der Waals surface area contributed by atoms with Gasteiger partial charge in [0.05, 0.1) is 15.0 Å². The molecule has 3 aromatic rings. The van der Waals surface area contributed by atoms with E-state index in [0.717, 1.165) is 16.8 Å². The van der Waals surface area contributed by atoms with E-state index in [1.807, 2.05) is 42.5 Å². The first kappa shape index (κ1) is 34.2.